The molecule has 0 bridgehead atoms. The van der Waals surface area contributed by atoms with Crippen molar-refractivity contribution >= 4 is 23.8 Å². The fourth-order valence-corrected chi connectivity index (χ4v) is 4.26. The second kappa shape index (κ2) is 14.1. The quantitative estimate of drug-likeness (QED) is 0.324. The zero-order chi connectivity index (χ0) is 29.2. The van der Waals surface area contributed by atoms with Crippen molar-refractivity contribution in [2.45, 2.75) is 70.7 Å². The zero-order valence-electron chi connectivity index (χ0n) is 22.5. The molecule has 1 saturated heterocycles. The fraction of sp³-hybridized carbons (Fsp3) is 0.481. The van der Waals surface area contributed by atoms with Gasteiger partial charge in [0, 0.05) is 31.0 Å². The van der Waals surface area contributed by atoms with Crippen LogP contribution in [0.15, 0.2) is 34.9 Å². The number of piperidine rings is 1. The summed E-state index contributed by atoms with van der Waals surface area (Å²) in [6, 6.07) is 6.17. The summed E-state index contributed by atoms with van der Waals surface area (Å²) < 4.78 is 23.7. The zero-order valence-corrected chi connectivity index (χ0v) is 22.5. The number of nitrogens with one attached hydrogen (secondary N) is 4. The number of nitriles is 1. The molecule has 4 atom stereocenters. The predicted octanol–water partition coefficient (Wildman–Crippen LogP) is 1.89. The number of amides is 4. The number of aryl methyl sites for hydroxylation is 1. The maximum Gasteiger partial charge on any atom is 0.408 e. The van der Waals surface area contributed by atoms with Gasteiger partial charge in [-0.25, -0.2) is 9.18 Å². The molecule has 1 aliphatic rings. The third kappa shape index (κ3) is 8.79. The first-order valence-electron chi connectivity index (χ1n) is 13.0. The summed E-state index contributed by atoms with van der Waals surface area (Å²) in [4.78, 5) is 51.2. The predicted molar refractivity (Wildman–Crippen MR) is 139 cm³/mol. The Bertz CT molecular complexity index is 1240. The van der Waals surface area contributed by atoms with E-state index in [2.05, 4.69) is 26.4 Å². The van der Waals surface area contributed by atoms with Crippen LogP contribution in [0.4, 0.5) is 9.18 Å². The Kier molecular flexibility index (Phi) is 10.6. The van der Waals surface area contributed by atoms with Gasteiger partial charge in [-0.2, -0.15) is 5.26 Å². The molecule has 1 aromatic heterocycles. The molecule has 3 rings (SSSR count). The molecule has 214 valence electrons. The maximum atomic E-state index is 13.6. The van der Waals surface area contributed by atoms with Crippen LogP contribution in [0.25, 0.3) is 0 Å². The van der Waals surface area contributed by atoms with E-state index in [9.17, 15) is 28.8 Å². The number of aromatic nitrogens is 1. The SMILES string of the molecule is Cc1cc(C(=O)N[C@@H](Cc2ccc(F)cc2)C(=O)N[C@@H](C[C@@H]2CCCNC2=O)[C@H](C#N)OC(=O)NC(C)C)no1. The van der Waals surface area contributed by atoms with Gasteiger partial charge in [-0.1, -0.05) is 17.3 Å². The Morgan fingerprint density at radius 3 is 2.55 bits per heavy atom. The number of nitrogens with zero attached hydrogens (tertiary/aromatic N) is 2. The van der Waals surface area contributed by atoms with Crippen molar-refractivity contribution in [3.05, 3.63) is 53.2 Å². The number of benzene rings is 1. The van der Waals surface area contributed by atoms with E-state index in [0.29, 0.717) is 30.7 Å². The molecule has 13 heteroatoms. The summed E-state index contributed by atoms with van der Waals surface area (Å²) in [6.45, 7) is 5.56. The number of carbonyl (C=O) groups excluding carboxylic acids is 4. The lowest BCUT2D eigenvalue weighted by Gasteiger charge is -2.30. The van der Waals surface area contributed by atoms with Crippen molar-refractivity contribution in [2.75, 3.05) is 6.54 Å². The minimum absolute atomic E-state index is 0.0183. The van der Waals surface area contributed by atoms with E-state index in [1.807, 2.05) is 6.07 Å². The lowest BCUT2D eigenvalue weighted by molar-refractivity contribution is -0.129. The Morgan fingerprint density at radius 2 is 1.95 bits per heavy atom. The molecule has 4 amide bonds. The largest absolute Gasteiger partial charge is 0.429 e. The molecular formula is C27H33FN6O6. The van der Waals surface area contributed by atoms with Crippen LogP contribution in [0.3, 0.4) is 0 Å². The molecule has 2 aromatic rings. The molecule has 40 heavy (non-hydrogen) atoms. The van der Waals surface area contributed by atoms with Gasteiger partial charge in [0.2, 0.25) is 17.9 Å². The van der Waals surface area contributed by atoms with E-state index in [1.54, 1.807) is 20.8 Å². The minimum Gasteiger partial charge on any atom is -0.429 e. The van der Waals surface area contributed by atoms with Crippen LogP contribution in [0.5, 0.6) is 0 Å². The average molecular weight is 557 g/mol. The molecule has 4 N–H and O–H groups in total. The van der Waals surface area contributed by atoms with Crippen LogP contribution < -0.4 is 21.3 Å². The van der Waals surface area contributed by atoms with Gasteiger partial charge in [0.15, 0.2) is 5.69 Å². The Labute approximate surface area is 231 Å². The molecule has 0 radical (unpaired) electrons. The van der Waals surface area contributed by atoms with Crippen molar-refractivity contribution < 1.29 is 32.8 Å². The Balaban J connectivity index is 1.85. The van der Waals surface area contributed by atoms with Crippen LogP contribution in [0, 0.1) is 30.0 Å². The van der Waals surface area contributed by atoms with Crippen LogP contribution in [0.2, 0.25) is 0 Å². The van der Waals surface area contributed by atoms with Crippen LogP contribution in [-0.2, 0) is 20.7 Å². The van der Waals surface area contributed by atoms with Gasteiger partial charge in [0.05, 0.1) is 6.04 Å². The fourth-order valence-electron chi connectivity index (χ4n) is 4.26. The first-order valence-corrected chi connectivity index (χ1v) is 13.0. The summed E-state index contributed by atoms with van der Waals surface area (Å²) in [7, 11) is 0. The summed E-state index contributed by atoms with van der Waals surface area (Å²) >= 11 is 0. The Morgan fingerprint density at radius 1 is 1.23 bits per heavy atom. The molecule has 1 fully saturated rings. The molecule has 1 aliphatic heterocycles. The van der Waals surface area contributed by atoms with Gasteiger partial charge in [-0.05, 0) is 57.7 Å². The van der Waals surface area contributed by atoms with E-state index < -0.39 is 47.8 Å². The lowest BCUT2D eigenvalue weighted by Crippen LogP contribution is -2.55. The highest BCUT2D eigenvalue weighted by atomic mass is 19.1. The molecule has 1 aromatic carbocycles. The van der Waals surface area contributed by atoms with E-state index >= 15 is 0 Å². The van der Waals surface area contributed by atoms with E-state index in [-0.39, 0.29) is 30.5 Å². The topological polar surface area (TPSA) is 175 Å². The highest BCUT2D eigenvalue weighted by molar-refractivity contribution is 5.96. The minimum atomic E-state index is -1.43. The van der Waals surface area contributed by atoms with Crippen molar-refractivity contribution in [1.29, 1.82) is 5.26 Å². The van der Waals surface area contributed by atoms with Crippen LogP contribution >= 0.6 is 0 Å². The van der Waals surface area contributed by atoms with Crippen molar-refractivity contribution in [2.24, 2.45) is 5.92 Å². The van der Waals surface area contributed by atoms with Gasteiger partial charge in [-0.15, -0.1) is 0 Å². The van der Waals surface area contributed by atoms with Gasteiger partial charge >= 0.3 is 6.09 Å². The number of hydrogen-bond acceptors (Lipinski definition) is 8. The van der Waals surface area contributed by atoms with Crippen molar-refractivity contribution in [3.8, 4) is 6.07 Å². The average Bonchev–Trinajstić information content (AvgIpc) is 3.35. The first kappa shape index (κ1) is 30.1. The second-order valence-corrected chi connectivity index (χ2v) is 9.91. The molecule has 2 heterocycles. The Hall–Kier alpha value is -4.47. The standard InChI is InChI=1S/C27H33FN6O6/c1-15(2)31-27(38)39-23(14-29)20(13-18-5-4-10-30-24(18)35)32-25(36)21(12-17-6-8-19(28)9-7-17)33-26(37)22-11-16(3)40-34-22/h6-9,11,15,18,20-21,23H,4-5,10,12-13H2,1-3H3,(H,30,35)(H,31,38)(H,32,36)(H,33,37)/t18-,20-,21-,23-/m0/s1. The van der Waals surface area contributed by atoms with Gasteiger partial charge in [-0.3, -0.25) is 14.4 Å². The smallest absolute Gasteiger partial charge is 0.408 e. The normalized spacial score (nSPS) is 17.1. The van der Waals surface area contributed by atoms with Gasteiger partial charge in [0.25, 0.3) is 5.91 Å². The van der Waals surface area contributed by atoms with Crippen LogP contribution in [0.1, 0.15) is 54.9 Å². The van der Waals surface area contributed by atoms with Gasteiger partial charge < -0.3 is 30.5 Å². The summed E-state index contributed by atoms with van der Waals surface area (Å²) in [6.07, 6.45) is -1.06. The van der Waals surface area contributed by atoms with Crippen LogP contribution in [-0.4, -0.2) is 59.7 Å². The molecular weight excluding hydrogens is 523 g/mol. The third-order valence-corrected chi connectivity index (χ3v) is 6.23. The van der Waals surface area contributed by atoms with E-state index in [0.717, 1.165) is 0 Å². The number of rotatable bonds is 11. The molecule has 12 nitrogen and oxygen atoms in total. The monoisotopic (exact) mass is 556 g/mol. The highest BCUT2D eigenvalue weighted by Gasteiger charge is 2.35. The highest BCUT2D eigenvalue weighted by Crippen LogP contribution is 2.20. The molecule has 0 spiro atoms. The molecule has 0 saturated carbocycles. The number of alkyl carbamates (subject to hydrolysis) is 1. The number of ether oxygens (including phenoxy) is 1. The number of carbonyl (C=O) groups is 4. The molecule has 0 unspecified atom stereocenters. The molecule has 0 aliphatic carbocycles. The summed E-state index contributed by atoms with van der Waals surface area (Å²) in [5, 5.41) is 24.1. The maximum absolute atomic E-state index is 13.6. The van der Waals surface area contributed by atoms with Gasteiger partial charge in [0.1, 0.15) is 23.7 Å². The lowest BCUT2D eigenvalue weighted by atomic mass is 9.89. The van der Waals surface area contributed by atoms with E-state index in [4.69, 9.17) is 9.26 Å². The summed E-state index contributed by atoms with van der Waals surface area (Å²) in [5.74, 6) is -2.23. The number of halogens is 1. The third-order valence-electron chi connectivity index (χ3n) is 6.23. The second-order valence-electron chi connectivity index (χ2n) is 9.91. The number of hydrogen-bond donors (Lipinski definition) is 4. The first-order chi connectivity index (χ1) is 19.0. The van der Waals surface area contributed by atoms with Crippen molar-refractivity contribution in [3.63, 3.8) is 0 Å². The van der Waals surface area contributed by atoms with E-state index in [1.165, 1.54) is 30.3 Å². The summed E-state index contributed by atoms with van der Waals surface area (Å²) in [5.41, 5.74) is 0.499. The van der Waals surface area contributed by atoms with Crippen molar-refractivity contribution in [1.82, 2.24) is 26.4 Å².